The summed E-state index contributed by atoms with van der Waals surface area (Å²) in [5.41, 5.74) is 2.06. The van der Waals surface area contributed by atoms with Crippen molar-refractivity contribution in [3.8, 4) is 0 Å². The van der Waals surface area contributed by atoms with Crippen LogP contribution in [0.5, 0.6) is 0 Å². The van der Waals surface area contributed by atoms with E-state index in [1.165, 1.54) is 0 Å². The first kappa shape index (κ1) is 13.2. The fraction of sp³-hybridized carbons (Fsp3) is 0.0714. The predicted octanol–water partition coefficient (Wildman–Crippen LogP) is 3.90. The Labute approximate surface area is 117 Å². The predicted molar refractivity (Wildman–Crippen MR) is 79.3 cm³/mol. The molecule has 92 valence electrons. The zero-order valence-electron chi connectivity index (χ0n) is 9.84. The van der Waals surface area contributed by atoms with Crippen LogP contribution in [-0.2, 0) is 11.0 Å². The van der Waals surface area contributed by atoms with Crippen molar-refractivity contribution in [3.05, 3.63) is 64.1 Å². The standard InChI is InChI=1S/C14H12BrNOS/c1-11-6-8-13(9-7-11)18(17)16-10-12-4-2-3-5-14(12)15/h2-10H,1H3/b16-10+/t18-/m1/s1. The van der Waals surface area contributed by atoms with Gasteiger partial charge in [0, 0.05) is 16.3 Å². The summed E-state index contributed by atoms with van der Waals surface area (Å²) >= 11 is 3.42. The lowest BCUT2D eigenvalue weighted by molar-refractivity contribution is 0.684. The topological polar surface area (TPSA) is 29.4 Å². The molecular weight excluding hydrogens is 310 g/mol. The second-order valence-electron chi connectivity index (χ2n) is 3.82. The van der Waals surface area contributed by atoms with Gasteiger partial charge in [0.25, 0.3) is 0 Å². The highest BCUT2D eigenvalue weighted by Gasteiger charge is 2.01. The molecule has 0 saturated heterocycles. The summed E-state index contributed by atoms with van der Waals surface area (Å²) in [4.78, 5) is 0.712. The summed E-state index contributed by atoms with van der Waals surface area (Å²) < 4.78 is 17.0. The Kier molecular flexibility index (Phi) is 4.44. The summed E-state index contributed by atoms with van der Waals surface area (Å²) in [7, 11) is -1.35. The van der Waals surface area contributed by atoms with Crippen LogP contribution in [0, 0.1) is 6.92 Å². The minimum atomic E-state index is -1.35. The zero-order chi connectivity index (χ0) is 13.0. The van der Waals surface area contributed by atoms with Crippen molar-refractivity contribution in [2.45, 2.75) is 11.8 Å². The van der Waals surface area contributed by atoms with Gasteiger partial charge in [-0.3, -0.25) is 0 Å². The van der Waals surface area contributed by atoms with Gasteiger partial charge in [0.05, 0.1) is 4.90 Å². The van der Waals surface area contributed by atoms with Crippen LogP contribution in [0.3, 0.4) is 0 Å². The molecule has 2 rings (SSSR count). The molecule has 0 bridgehead atoms. The molecule has 18 heavy (non-hydrogen) atoms. The number of benzene rings is 2. The molecule has 4 heteroatoms. The summed E-state index contributed by atoms with van der Waals surface area (Å²) in [6, 6.07) is 15.2. The van der Waals surface area contributed by atoms with Crippen molar-refractivity contribution >= 4 is 33.1 Å². The molecule has 2 aromatic carbocycles. The van der Waals surface area contributed by atoms with E-state index >= 15 is 0 Å². The van der Waals surface area contributed by atoms with E-state index in [4.69, 9.17) is 0 Å². The van der Waals surface area contributed by atoms with Crippen molar-refractivity contribution in [2.24, 2.45) is 4.40 Å². The second-order valence-corrected chi connectivity index (χ2v) is 5.85. The molecule has 0 aliphatic rings. The second kappa shape index (κ2) is 6.07. The number of aryl methyl sites for hydroxylation is 1. The lowest BCUT2D eigenvalue weighted by Crippen LogP contribution is -1.90. The highest BCUT2D eigenvalue weighted by atomic mass is 79.9. The van der Waals surface area contributed by atoms with Crippen molar-refractivity contribution in [1.82, 2.24) is 0 Å². The van der Waals surface area contributed by atoms with Crippen LogP contribution in [0.15, 0.2) is 62.3 Å². The zero-order valence-corrected chi connectivity index (χ0v) is 12.2. The number of halogens is 1. The van der Waals surface area contributed by atoms with Gasteiger partial charge < -0.3 is 0 Å². The van der Waals surface area contributed by atoms with Gasteiger partial charge in [0.1, 0.15) is 0 Å². The van der Waals surface area contributed by atoms with Crippen LogP contribution < -0.4 is 0 Å². The smallest absolute Gasteiger partial charge is 0.172 e. The van der Waals surface area contributed by atoms with E-state index in [1.54, 1.807) is 6.21 Å². The van der Waals surface area contributed by atoms with Crippen molar-refractivity contribution < 1.29 is 4.21 Å². The molecule has 0 aromatic heterocycles. The summed E-state index contributed by atoms with van der Waals surface area (Å²) in [5.74, 6) is 0. The fourth-order valence-corrected chi connectivity index (χ4v) is 2.49. The Balaban J connectivity index is 2.17. The van der Waals surface area contributed by atoms with Crippen LogP contribution in [-0.4, -0.2) is 10.4 Å². The molecular formula is C14H12BrNOS. The van der Waals surface area contributed by atoms with E-state index in [1.807, 2.05) is 55.5 Å². The summed E-state index contributed by atoms with van der Waals surface area (Å²) in [6.07, 6.45) is 1.63. The lowest BCUT2D eigenvalue weighted by Gasteiger charge is -1.98. The maximum Gasteiger partial charge on any atom is 0.172 e. The maximum absolute atomic E-state index is 11.9. The first-order valence-electron chi connectivity index (χ1n) is 5.44. The molecule has 0 aliphatic carbocycles. The average molecular weight is 322 g/mol. The van der Waals surface area contributed by atoms with Gasteiger partial charge in [-0.2, -0.15) is 4.40 Å². The molecule has 0 heterocycles. The van der Waals surface area contributed by atoms with Gasteiger partial charge >= 0.3 is 0 Å². The van der Waals surface area contributed by atoms with E-state index in [0.717, 1.165) is 15.6 Å². The molecule has 0 amide bonds. The Morgan fingerprint density at radius 2 is 1.78 bits per heavy atom. The maximum atomic E-state index is 11.9. The minimum absolute atomic E-state index is 0.712. The van der Waals surface area contributed by atoms with Crippen LogP contribution in [0.25, 0.3) is 0 Å². The minimum Gasteiger partial charge on any atom is -0.229 e. The quantitative estimate of drug-likeness (QED) is 0.788. The molecule has 0 spiro atoms. The van der Waals surface area contributed by atoms with E-state index in [2.05, 4.69) is 20.3 Å². The average Bonchev–Trinajstić information content (AvgIpc) is 2.38. The molecule has 0 N–H and O–H groups in total. The normalized spacial score (nSPS) is 12.8. The number of hydrogen-bond acceptors (Lipinski definition) is 1. The van der Waals surface area contributed by atoms with Crippen molar-refractivity contribution in [2.75, 3.05) is 0 Å². The van der Waals surface area contributed by atoms with Crippen molar-refractivity contribution in [3.63, 3.8) is 0 Å². The third-order valence-corrected chi connectivity index (χ3v) is 4.11. The molecule has 0 saturated carbocycles. The lowest BCUT2D eigenvalue weighted by atomic mass is 10.2. The van der Waals surface area contributed by atoms with Gasteiger partial charge in [0.2, 0.25) is 0 Å². The SMILES string of the molecule is Cc1ccc([S@@](=O)/N=C/c2ccccc2Br)cc1. The van der Waals surface area contributed by atoms with Gasteiger partial charge in [-0.1, -0.05) is 51.8 Å². The molecule has 0 radical (unpaired) electrons. The van der Waals surface area contributed by atoms with Gasteiger partial charge in [-0.05, 0) is 25.1 Å². The van der Waals surface area contributed by atoms with E-state index in [-0.39, 0.29) is 0 Å². The Bertz CT molecular complexity index is 593. The highest BCUT2D eigenvalue weighted by molar-refractivity contribution is 9.10. The highest BCUT2D eigenvalue weighted by Crippen LogP contribution is 2.14. The molecule has 2 nitrogen and oxygen atoms in total. The summed E-state index contributed by atoms with van der Waals surface area (Å²) in [6.45, 7) is 2.00. The van der Waals surface area contributed by atoms with E-state index < -0.39 is 11.0 Å². The Hall–Kier alpha value is -1.26. The van der Waals surface area contributed by atoms with Crippen LogP contribution in [0.2, 0.25) is 0 Å². The largest absolute Gasteiger partial charge is 0.229 e. The van der Waals surface area contributed by atoms with E-state index in [9.17, 15) is 4.21 Å². The van der Waals surface area contributed by atoms with Crippen molar-refractivity contribution in [1.29, 1.82) is 0 Å². The fourth-order valence-electron chi connectivity index (χ4n) is 1.40. The van der Waals surface area contributed by atoms with Gasteiger partial charge in [-0.15, -0.1) is 0 Å². The van der Waals surface area contributed by atoms with Crippen LogP contribution >= 0.6 is 15.9 Å². The molecule has 2 aromatic rings. The molecule has 0 aliphatic heterocycles. The van der Waals surface area contributed by atoms with Crippen LogP contribution in [0.1, 0.15) is 11.1 Å². The Morgan fingerprint density at radius 1 is 1.11 bits per heavy atom. The van der Waals surface area contributed by atoms with Gasteiger partial charge in [-0.25, -0.2) is 4.21 Å². The summed E-state index contributed by atoms with van der Waals surface area (Å²) in [5, 5.41) is 0. The molecule has 1 atom stereocenters. The first-order chi connectivity index (χ1) is 8.66. The van der Waals surface area contributed by atoms with Gasteiger partial charge in [0.15, 0.2) is 11.0 Å². The third kappa shape index (κ3) is 3.37. The molecule has 0 fully saturated rings. The first-order valence-corrected chi connectivity index (χ1v) is 7.34. The third-order valence-electron chi connectivity index (χ3n) is 2.42. The monoisotopic (exact) mass is 321 g/mol. The Morgan fingerprint density at radius 3 is 2.44 bits per heavy atom. The molecule has 0 unspecified atom stereocenters. The number of hydrogen-bond donors (Lipinski definition) is 0. The number of nitrogens with zero attached hydrogens (tertiary/aromatic N) is 1. The van der Waals surface area contributed by atoms with Crippen LogP contribution in [0.4, 0.5) is 0 Å². The van der Waals surface area contributed by atoms with E-state index in [0.29, 0.717) is 4.90 Å². The number of rotatable bonds is 3.